The Balaban J connectivity index is 1.76. The van der Waals surface area contributed by atoms with Crippen LogP contribution in [0.25, 0.3) is 0 Å². The van der Waals surface area contributed by atoms with E-state index in [9.17, 15) is 8.42 Å². The van der Waals surface area contributed by atoms with Gasteiger partial charge in [-0.3, -0.25) is 4.90 Å². The van der Waals surface area contributed by atoms with Gasteiger partial charge in [0.25, 0.3) is 0 Å². The first kappa shape index (κ1) is 15.0. The van der Waals surface area contributed by atoms with Gasteiger partial charge in [0.2, 0.25) is 0 Å². The van der Waals surface area contributed by atoms with Gasteiger partial charge in [-0.25, -0.2) is 8.42 Å². The van der Waals surface area contributed by atoms with Gasteiger partial charge >= 0.3 is 0 Å². The van der Waals surface area contributed by atoms with Crippen LogP contribution < -0.4 is 0 Å². The number of likely N-dealkylation sites (tertiary alicyclic amines) is 1. The van der Waals surface area contributed by atoms with Crippen LogP contribution in [0.3, 0.4) is 0 Å². The summed E-state index contributed by atoms with van der Waals surface area (Å²) in [5.41, 5.74) is 1.62. The molecular formula is C17H25NO2S. The zero-order chi connectivity index (χ0) is 14.9. The normalized spacial score (nSPS) is 29.7. The number of fused-ring (bicyclic) bond motifs is 1. The minimum Gasteiger partial charge on any atom is -0.293 e. The molecule has 116 valence electrons. The van der Waals surface area contributed by atoms with Crippen molar-refractivity contribution in [2.45, 2.75) is 37.6 Å². The molecule has 0 unspecified atom stereocenters. The molecule has 1 saturated heterocycles. The zero-order valence-electron chi connectivity index (χ0n) is 12.8. The molecule has 2 atom stereocenters. The number of hydrogen-bond acceptors (Lipinski definition) is 3. The molecule has 1 aliphatic heterocycles. The van der Waals surface area contributed by atoms with E-state index in [0.29, 0.717) is 5.75 Å². The average molecular weight is 307 g/mol. The van der Waals surface area contributed by atoms with E-state index in [1.165, 1.54) is 37.5 Å². The molecule has 0 amide bonds. The summed E-state index contributed by atoms with van der Waals surface area (Å²) in [5.74, 6) is 1.06. The monoisotopic (exact) mass is 307 g/mol. The largest absolute Gasteiger partial charge is 0.293 e. The fourth-order valence-electron chi connectivity index (χ4n) is 4.30. The lowest BCUT2D eigenvalue weighted by atomic mass is 9.61. The minimum absolute atomic E-state index is 0.191. The molecule has 3 nitrogen and oxygen atoms in total. The topological polar surface area (TPSA) is 37.4 Å². The Morgan fingerprint density at radius 1 is 1.24 bits per heavy atom. The summed E-state index contributed by atoms with van der Waals surface area (Å²) in [6, 6.07) is 10.8. The molecule has 4 heteroatoms. The first-order valence-corrected chi connectivity index (χ1v) is 10.1. The van der Waals surface area contributed by atoms with Crippen molar-refractivity contribution in [2.24, 2.45) is 5.92 Å². The van der Waals surface area contributed by atoms with Crippen molar-refractivity contribution in [3.05, 3.63) is 35.9 Å². The molecule has 0 aromatic heterocycles. The molecule has 1 aromatic carbocycles. The minimum atomic E-state index is -2.84. The SMILES string of the molecule is CS(=O)(=O)CCCN1C[C@@H]2CCCC[C@@]21c1ccccc1. The average Bonchev–Trinajstić information content (AvgIpc) is 2.44. The first-order valence-electron chi connectivity index (χ1n) is 8.01. The van der Waals surface area contributed by atoms with E-state index in [1.807, 2.05) is 0 Å². The quantitative estimate of drug-likeness (QED) is 0.839. The standard InChI is InChI=1S/C17H25NO2S/c1-21(19,20)13-7-12-18-14-16-10-5-6-11-17(16,18)15-8-3-2-4-9-15/h2-4,8-9,16H,5-7,10-14H2,1H3/t16-,17+/m0/s1. The molecule has 1 saturated carbocycles. The highest BCUT2D eigenvalue weighted by Gasteiger charge is 2.54. The molecule has 0 bridgehead atoms. The van der Waals surface area contributed by atoms with E-state index < -0.39 is 9.84 Å². The van der Waals surface area contributed by atoms with Crippen LogP contribution in [-0.4, -0.2) is 38.4 Å². The third-order valence-electron chi connectivity index (χ3n) is 5.26. The Hall–Kier alpha value is -0.870. The van der Waals surface area contributed by atoms with Gasteiger partial charge in [-0.15, -0.1) is 0 Å². The molecule has 3 rings (SSSR count). The van der Waals surface area contributed by atoms with Crippen LogP contribution in [0.15, 0.2) is 30.3 Å². The van der Waals surface area contributed by atoms with Crippen LogP contribution in [0.2, 0.25) is 0 Å². The van der Waals surface area contributed by atoms with Crippen molar-refractivity contribution in [3.63, 3.8) is 0 Å². The Morgan fingerprint density at radius 2 is 2.00 bits per heavy atom. The maximum Gasteiger partial charge on any atom is 0.147 e. The molecule has 2 aliphatic rings. The third kappa shape index (κ3) is 2.88. The van der Waals surface area contributed by atoms with E-state index in [0.717, 1.165) is 25.4 Å². The maximum atomic E-state index is 11.3. The zero-order valence-corrected chi connectivity index (χ0v) is 13.6. The van der Waals surface area contributed by atoms with Gasteiger partial charge in [-0.1, -0.05) is 43.2 Å². The maximum absolute atomic E-state index is 11.3. The molecule has 1 aliphatic carbocycles. The number of benzene rings is 1. The summed E-state index contributed by atoms with van der Waals surface area (Å²) in [4.78, 5) is 2.54. The van der Waals surface area contributed by atoms with Gasteiger partial charge in [0.1, 0.15) is 9.84 Å². The van der Waals surface area contributed by atoms with Gasteiger partial charge < -0.3 is 0 Å². The van der Waals surface area contributed by atoms with Crippen molar-refractivity contribution >= 4 is 9.84 Å². The lowest BCUT2D eigenvalue weighted by molar-refractivity contribution is -0.114. The lowest BCUT2D eigenvalue weighted by Crippen LogP contribution is -2.66. The fourth-order valence-corrected chi connectivity index (χ4v) is 4.95. The van der Waals surface area contributed by atoms with Gasteiger partial charge in [0.15, 0.2) is 0 Å². The summed E-state index contributed by atoms with van der Waals surface area (Å²) in [6.07, 6.45) is 7.25. The third-order valence-corrected chi connectivity index (χ3v) is 6.29. The molecule has 0 N–H and O–H groups in total. The van der Waals surface area contributed by atoms with E-state index >= 15 is 0 Å². The number of hydrogen-bond donors (Lipinski definition) is 0. The van der Waals surface area contributed by atoms with E-state index in [1.54, 1.807) is 0 Å². The van der Waals surface area contributed by atoms with Gasteiger partial charge in [0.05, 0.1) is 11.3 Å². The molecule has 1 aromatic rings. The van der Waals surface area contributed by atoms with Gasteiger partial charge in [-0.2, -0.15) is 0 Å². The van der Waals surface area contributed by atoms with E-state index in [4.69, 9.17) is 0 Å². The van der Waals surface area contributed by atoms with Crippen molar-refractivity contribution in [1.82, 2.24) is 4.90 Å². The highest BCUT2D eigenvalue weighted by molar-refractivity contribution is 7.90. The Bertz CT molecular complexity index is 584. The Labute approximate surface area is 128 Å². The van der Waals surface area contributed by atoms with Crippen LogP contribution in [0.4, 0.5) is 0 Å². The van der Waals surface area contributed by atoms with Crippen molar-refractivity contribution in [3.8, 4) is 0 Å². The number of rotatable bonds is 5. The second-order valence-corrected chi connectivity index (χ2v) is 8.92. The molecule has 0 radical (unpaired) electrons. The second kappa shape index (κ2) is 5.73. The van der Waals surface area contributed by atoms with Crippen LogP contribution in [0.5, 0.6) is 0 Å². The van der Waals surface area contributed by atoms with E-state index in [-0.39, 0.29) is 5.54 Å². The molecule has 1 heterocycles. The highest BCUT2D eigenvalue weighted by atomic mass is 32.2. The summed E-state index contributed by atoms with van der Waals surface area (Å²) in [7, 11) is -2.84. The van der Waals surface area contributed by atoms with Crippen molar-refractivity contribution < 1.29 is 8.42 Å². The van der Waals surface area contributed by atoms with Crippen molar-refractivity contribution in [2.75, 3.05) is 25.1 Å². The molecule has 21 heavy (non-hydrogen) atoms. The van der Waals surface area contributed by atoms with Crippen LogP contribution in [0.1, 0.15) is 37.7 Å². The predicted octanol–water partition coefficient (Wildman–Crippen LogP) is 2.82. The molecule has 0 spiro atoms. The lowest BCUT2D eigenvalue weighted by Gasteiger charge is -2.62. The first-order chi connectivity index (χ1) is 10.0. The number of nitrogens with zero attached hydrogens (tertiary/aromatic N) is 1. The van der Waals surface area contributed by atoms with Crippen LogP contribution in [-0.2, 0) is 15.4 Å². The Kier molecular flexibility index (Phi) is 4.10. The number of sulfone groups is 1. The molecule has 2 fully saturated rings. The summed E-state index contributed by atoms with van der Waals surface area (Å²) < 4.78 is 22.7. The Morgan fingerprint density at radius 3 is 2.67 bits per heavy atom. The fraction of sp³-hybridized carbons (Fsp3) is 0.647. The highest BCUT2D eigenvalue weighted by Crippen LogP contribution is 2.53. The van der Waals surface area contributed by atoms with Crippen LogP contribution in [0, 0.1) is 5.92 Å². The van der Waals surface area contributed by atoms with Gasteiger partial charge in [-0.05, 0) is 30.7 Å². The van der Waals surface area contributed by atoms with Gasteiger partial charge in [0, 0.05) is 19.3 Å². The summed E-state index contributed by atoms with van der Waals surface area (Å²) in [5, 5.41) is 0. The molecular weight excluding hydrogens is 282 g/mol. The van der Waals surface area contributed by atoms with Crippen molar-refractivity contribution in [1.29, 1.82) is 0 Å². The van der Waals surface area contributed by atoms with E-state index in [2.05, 4.69) is 35.2 Å². The summed E-state index contributed by atoms with van der Waals surface area (Å²) in [6.45, 7) is 2.04. The summed E-state index contributed by atoms with van der Waals surface area (Å²) >= 11 is 0. The smallest absolute Gasteiger partial charge is 0.147 e. The second-order valence-electron chi connectivity index (χ2n) is 6.66. The predicted molar refractivity (Wildman–Crippen MR) is 86.0 cm³/mol. The van der Waals surface area contributed by atoms with Crippen LogP contribution >= 0.6 is 0 Å².